The number of imidazole rings is 1. The van der Waals surface area contributed by atoms with Crippen molar-refractivity contribution in [3.8, 4) is 0 Å². The fraction of sp³-hybridized carbons (Fsp3) is 0.364. The van der Waals surface area contributed by atoms with Crippen LogP contribution in [-0.2, 0) is 17.7 Å². The minimum Gasteiger partial charge on any atom is -0.382 e. The highest BCUT2D eigenvalue weighted by Crippen LogP contribution is 2.26. The highest BCUT2D eigenvalue weighted by Gasteiger charge is 2.19. The minimum atomic E-state index is 0.406. The molecule has 7 nitrogen and oxygen atoms in total. The van der Waals surface area contributed by atoms with Crippen molar-refractivity contribution in [3.63, 3.8) is 0 Å². The van der Waals surface area contributed by atoms with Crippen LogP contribution in [0.2, 0.25) is 0 Å². The summed E-state index contributed by atoms with van der Waals surface area (Å²) in [7, 11) is 0. The minimum absolute atomic E-state index is 0.406. The van der Waals surface area contributed by atoms with Gasteiger partial charge in [-0.15, -0.1) is 0 Å². The first-order chi connectivity index (χ1) is 14.2. The third-order valence-electron chi connectivity index (χ3n) is 5.81. The molecule has 0 atom stereocenters. The Morgan fingerprint density at radius 1 is 1.14 bits per heavy atom. The molecule has 0 bridgehead atoms. The smallest absolute Gasteiger partial charge is 0.165 e. The maximum atomic E-state index is 5.96. The molecule has 1 saturated heterocycles. The van der Waals surface area contributed by atoms with E-state index in [0.29, 0.717) is 23.8 Å². The lowest BCUT2D eigenvalue weighted by molar-refractivity contribution is 0.0662. The second-order valence-electron chi connectivity index (χ2n) is 7.80. The number of nitrogens with zero attached hydrogens (tertiary/aromatic N) is 5. The SMILES string of the molecule is Cc1cccc2cc(Cn3cnc4c(N)ncnc43)c(CC3CCOCC3)nc12. The van der Waals surface area contributed by atoms with Crippen molar-refractivity contribution in [1.82, 2.24) is 24.5 Å². The van der Waals surface area contributed by atoms with Gasteiger partial charge < -0.3 is 15.0 Å². The van der Waals surface area contributed by atoms with E-state index in [0.717, 1.165) is 54.7 Å². The zero-order valence-corrected chi connectivity index (χ0v) is 16.5. The van der Waals surface area contributed by atoms with Crippen molar-refractivity contribution in [2.45, 2.75) is 32.7 Å². The van der Waals surface area contributed by atoms with Gasteiger partial charge in [-0.1, -0.05) is 18.2 Å². The van der Waals surface area contributed by atoms with E-state index in [2.05, 4.69) is 46.1 Å². The van der Waals surface area contributed by atoms with E-state index in [1.807, 2.05) is 4.57 Å². The quantitative estimate of drug-likeness (QED) is 0.577. The van der Waals surface area contributed by atoms with Gasteiger partial charge >= 0.3 is 0 Å². The second-order valence-corrected chi connectivity index (χ2v) is 7.80. The number of ether oxygens (including phenoxy) is 1. The number of hydrogen-bond acceptors (Lipinski definition) is 6. The van der Waals surface area contributed by atoms with Gasteiger partial charge in [-0.05, 0) is 49.3 Å². The number of nitrogen functional groups attached to an aromatic ring is 1. The van der Waals surface area contributed by atoms with Crippen LogP contribution in [0.25, 0.3) is 22.1 Å². The van der Waals surface area contributed by atoms with E-state index >= 15 is 0 Å². The molecule has 4 aromatic rings. The molecule has 7 heteroatoms. The van der Waals surface area contributed by atoms with Gasteiger partial charge in [-0.25, -0.2) is 15.0 Å². The standard InChI is InChI=1S/C22H24N6O/c1-14-3-2-4-16-10-17(11-28-13-26-20-21(23)24-12-25-22(20)28)18(27-19(14)16)9-15-5-7-29-8-6-15/h2-4,10,12-13,15H,5-9,11H2,1H3,(H2,23,24,25). The van der Waals surface area contributed by atoms with Gasteiger partial charge in [0.25, 0.3) is 0 Å². The molecule has 1 aromatic carbocycles. The number of benzene rings is 1. The summed E-state index contributed by atoms with van der Waals surface area (Å²) < 4.78 is 7.57. The van der Waals surface area contributed by atoms with E-state index in [1.54, 1.807) is 6.33 Å². The molecular weight excluding hydrogens is 364 g/mol. The van der Waals surface area contributed by atoms with Gasteiger partial charge in [0.05, 0.1) is 18.4 Å². The van der Waals surface area contributed by atoms with Gasteiger partial charge in [0.15, 0.2) is 11.5 Å². The Bertz CT molecular complexity index is 1180. The first kappa shape index (κ1) is 18.0. The topological polar surface area (TPSA) is 91.7 Å². The third kappa shape index (κ3) is 3.42. The van der Waals surface area contributed by atoms with E-state index in [1.165, 1.54) is 17.5 Å². The summed E-state index contributed by atoms with van der Waals surface area (Å²) in [5.74, 6) is 1.01. The summed E-state index contributed by atoms with van der Waals surface area (Å²) in [4.78, 5) is 18.0. The molecule has 2 N–H and O–H groups in total. The summed E-state index contributed by atoms with van der Waals surface area (Å²) in [5, 5.41) is 1.16. The Kier molecular flexibility index (Phi) is 4.60. The van der Waals surface area contributed by atoms with Gasteiger partial charge in [0.1, 0.15) is 11.8 Å². The zero-order valence-electron chi connectivity index (χ0n) is 16.5. The fourth-order valence-corrected chi connectivity index (χ4v) is 4.16. The van der Waals surface area contributed by atoms with Crippen molar-refractivity contribution >= 4 is 27.9 Å². The number of aryl methyl sites for hydroxylation is 1. The molecule has 1 aliphatic rings. The highest BCUT2D eigenvalue weighted by atomic mass is 16.5. The van der Waals surface area contributed by atoms with Crippen LogP contribution >= 0.6 is 0 Å². The third-order valence-corrected chi connectivity index (χ3v) is 5.81. The molecule has 3 aromatic heterocycles. The van der Waals surface area contributed by atoms with Crippen LogP contribution < -0.4 is 5.73 Å². The number of hydrogen-bond donors (Lipinski definition) is 1. The Morgan fingerprint density at radius 2 is 2.00 bits per heavy atom. The summed E-state index contributed by atoms with van der Waals surface area (Å²) in [6, 6.07) is 8.60. The van der Waals surface area contributed by atoms with Crippen LogP contribution in [0.1, 0.15) is 29.7 Å². The molecule has 0 saturated carbocycles. The van der Waals surface area contributed by atoms with E-state index < -0.39 is 0 Å². The predicted octanol–water partition coefficient (Wildman–Crippen LogP) is 3.28. The highest BCUT2D eigenvalue weighted by molar-refractivity contribution is 5.83. The summed E-state index contributed by atoms with van der Waals surface area (Å²) in [6.45, 7) is 4.46. The number of pyridine rings is 1. The Labute approximate surface area is 169 Å². The second kappa shape index (κ2) is 7.40. The van der Waals surface area contributed by atoms with Crippen molar-refractivity contribution in [2.24, 2.45) is 5.92 Å². The zero-order chi connectivity index (χ0) is 19.8. The average Bonchev–Trinajstić information content (AvgIpc) is 3.14. The van der Waals surface area contributed by atoms with Gasteiger partial charge in [0.2, 0.25) is 0 Å². The number of para-hydroxylation sites is 1. The molecule has 29 heavy (non-hydrogen) atoms. The monoisotopic (exact) mass is 388 g/mol. The Balaban J connectivity index is 1.58. The molecule has 4 heterocycles. The lowest BCUT2D eigenvalue weighted by Gasteiger charge is -2.23. The lowest BCUT2D eigenvalue weighted by atomic mass is 9.92. The van der Waals surface area contributed by atoms with Crippen molar-refractivity contribution in [2.75, 3.05) is 18.9 Å². The largest absolute Gasteiger partial charge is 0.382 e. The predicted molar refractivity (Wildman–Crippen MR) is 113 cm³/mol. The number of nitrogens with two attached hydrogens (primary N) is 1. The van der Waals surface area contributed by atoms with E-state index in [4.69, 9.17) is 15.5 Å². The van der Waals surface area contributed by atoms with E-state index in [9.17, 15) is 0 Å². The molecule has 0 radical (unpaired) electrons. The van der Waals surface area contributed by atoms with Gasteiger partial charge in [0, 0.05) is 24.3 Å². The number of aromatic nitrogens is 5. The van der Waals surface area contributed by atoms with Crippen LogP contribution in [0.3, 0.4) is 0 Å². The molecular formula is C22H24N6O. The van der Waals surface area contributed by atoms with Crippen LogP contribution in [0, 0.1) is 12.8 Å². The molecule has 0 aliphatic carbocycles. The maximum Gasteiger partial charge on any atom is 0.165 e. The van der Waals surface area contributed by atoms with Crippen molar-refractivity contribution < 1.29 is 4.74 Å². The number of rotatable bonds is 4. The van der Waals surface area contributed by atoms with Gasteiger partial charge in [-0.3, -0.25) is 4.98 Å². The summed E-state index contributed by atoms with van der Waals surface area (Å²) in [5.41, 5.74) is 12.0. The first-order valence-corrected chi connectivity index (χ1v) is 10.1. The van der Waals surface area contributed by atoms with Crippen LogP contribution in [0.4, 0.5) is 5.82 Å². The maximum absolute atomic E-state index is 5.96. The van der Waals surface area contributed by atoms with E-state index in [-0.39, 0.29) is 0 Å². The Hall–Kier alpha value is -3.06. The van der Waals surface area contributed by atoms with Crippen molar-refractivity contribution in [3.05, 3.63) is 53.7 Å². The number of anilines is 1. The molecule has 5 rings (SSSR count). The number of fused-ring (bicyclic) bond motifs is 2. The fourth-order valence-electron chi connectivity index (χ4n) is 4.16. The first-order valence-electron chi connectivity index (χ1n) is 10.1. The van der Waals surface area contributed by atoms with Crippen LogP contribution in [0.15, 0.2) is 36.9 Å². The summed E-state index contributed by atoms with van der Waals surface area (Å²) in [6.07, 6.45) is 6.41. The average molecular weight is 388 g/mol. The normalized spacial score (nSPS) is 15.3. The summed E-state index contributed by atoms with van der Waals surface area (Å²) >= 11 is 0. The molecule has 0 spiro atoms. The Morgan fingerprint density at radius 3 is 2.86 bits per heavy atom. The van der Waals surface area contributed by atoms with Crippen molar-refractivity contribution in [1.29, 1.82) is 0 Å². The lowest BCUT2D eigenvalue weighted by Crippen LogP contribution is -2.19. The molecule has 0 amide bonds. The molecule has 1 fully saturated rings. The molecule has 148 valence electrons. The van der Waals surface area contributed by atoms with Crippen LogP contribution in [0.5, 0.6) is 0 Å². The molecule has 0 unspecified atom stereocenters. The van der Waals surface area contributed by atoms with Crippen LogP contribution in [-0.4, -0.2) is 37.7 Å². The van der Waals surface area contributed by atoms with Gasteiger partial charge in [-0.2, -0.15) is 0 Å². The molecule has 1 aliphatic heterocycles.